The Morgan fingerprint density at radius 2 is 1.95 bits per heavy atom. The number of nitrogens with zero attached hydrogens (tertiary/aromatic N) is 2. The van der Waals surface area contributed by atoms with Crippen molar-refractivity contribution in [3.8, 4) is 0 Å². The second kappa shape index (κ2) is 5.74. The molecule has 0 aliphatic rings. The number of aromatic nitrogens is 2. The first kappa shape index (κ1) is 15.3. The number of halogens is 2. The molecule has 0 amide bonds. The third-order valence-corrected chi connectivity index (χ3v) is 5.01. The Labute approximate surface area is 129 Å². The van der Waals surface area contributed by atoms with Gasteiger partial charge in [-0.2, -0.15) is 0 Å². The van der Waals surface area contributed by atoms with E-state index in [9.17, 15) is 8.42 Å². The number of benzene rings is 1. The molecule has 0 aliphatic heterocycles. The van der Waals surface area contributed by atoms with Crippen molar-refractivity contribution in [2.75, 3.05) is 5.73 Å². The van der Waals surface area contributed by atoms with Crippen LogP contribution in [-0.2, 0) is 10.0 Å². The normalized spacial score (nSPS) is 11.6. The van der Waals surface area contributed by atoms with Crippen LogP contribution in [0, 0.1) is 0 Å². The standard InChI is InChI=1S/C10H8Cl2N4O2S2/c11-7-4-15-10(9(13)16-7)19-5-2-1-3-6(8(5)12)20(14,17)18/h1-4H,(H2,13,16)(H2,14,17,18). The van der Waals surface area contributed by atoms with Crippen LogP contribution in [0.3, 0.4) is 0 Å². The lowest BCUT2D eigenvalue weighted by Gasteiger charge is -2.08. The van der Waals surface area contributed by atoms with Crippen LogP contribution in [0.4, 0.5) is 5.82 Å². The van der Waals surface area contributed by atoms with Gasteiger partial charge in [-0.15, -0.1) is 0 Å². The van der Waals surface area contributed by atoms with E-state index < -0.39 is 10.0 Å². The Hall–Kier alpha value is -1.06. The predicted molar refractivity (Wildman–Crippen MR) is 78.4 cm³/mol. The van der Waals surface area contributed by atoms with E-state index >= 15 is 0 Å². The summed E-state index contributed by atoms with van der Waals surface area (Å²) in [6.45, 7) is 0. The van der Waals surface area contributed by atoms with Crippen molar-refractivity contribution in [1.29, 1.82) is 0 Å². The van der Waals surface area contributed by atoms with Crippen molar-refractivity contribution >= 4 is 50.8 Å². The SMILES string of the molecule is Nc1nc(Cl)cnc1Sc1cccc(S(N)(=O)=O)c1Cl. The molecule has 0 saturated heterocycles. The first-order valence-electron chi connectivity index (χ1n) is 5.06. The quantitative estimate of drug-likeness (QED) is 0.876. The van der Waals surface area contributed by atoms with Crippen LogP contribution < -0.4 is 10.9 Å². The minimum absolute atomic E-state index is 0.0103. The number of nitrogen functional groups attached to an aromatic ring is 1. The first-order valence-corrected chi connectivity index (χ1v) is 8.18. The fourth-order valence-corrected chi connectivity index (χ4v) is 3.55. The molecule has 1 heterocycles. The first-order chi connectivity index (χ1) is 9.29. The van der Waals surface area contributed by atoms with Gasteiger partial charge in [0.25, 0.3) is 0 Å². The maximum Gasteiger partial charge on any atom is 0.239 e. The van der Waals surface area contributed by atoms with E-state index in [2.05, 4.69) is 9.97 Å². The van der Waals surface area contributed by atoms with Gasteiger partial charge in [-0.1, -0.05) is 41.0 Å². The van der Waals surface area contributed by atoms with E-state index in [0.29, 0.717) is 9.92 Å². The average Bonchev–Trinajstić information content (AvgIpc) is 2.33. The minimum Gasteiger partial charge on any atom is -0.381 e. The smallest absolute Gasteiger partial charge is 0.239 e. The van der Waals surface area contributed by atoms with Crippen molar-refractivity contribution in [2.45, 2.75) is 14.8 Å². The summed E-state index contributed by atoms with van der Waals surface area (Å²) in [6.07, 6.45) is 1.33. The van der Waals surface area contributed by atoms with Gasteiger partial charge in [0.2, 0.25) is 10.0 Å². The van der Waals surface area contributed by atoms with Crippen LogP contribution in [-0.4, -0.2) is 18.4 Å². The van der Waals surface area contributed by atoms with Gasteiger partial charge >= 0.3 is 0 Å². The van der Waals surface area contributed by atoms with Crippen LogP contribution >= 0.6 is 35.0 Å². The highest BCUT2D eigenvalue weighted by Gasteiger charge is 2.17. The molecule has 6 nitrogen and oxygen atoms in total. The number of hydrogen-bond donors (Lipinski definition) is 2. The summed E-state index contributed by atoms with van der Waals surface area (Å²) in [5.41, 5.74) is 5.68. The summed E-state index contributed by atoms with van der Waals surface area (Å²) in [6, 6.07) is 4.46. The van der Waals surface area contributed by atoms with E-state index in [1.54, 1.807) is 6.07 Å². The van der Waals surface area contributed by atoms with Crippen molar-refractivity contribution < 1.29 is 8.42 Å². The molecule has 0 spiro atoms. The van der Waals surface area contributed by atoms with E-state index in [0.717, 1.165) is 11.8 Å². The molecule has 0 saturated carbocycles. The molecule has 0 unspecified atom stereocenters. The number of rotatable bonds is 3. The summed E-state index contributed by atoms with van der Waals surface area (Å²) in [7, 11) is -3.90. The molecule has 106 valence electrons. The molecule has 1 aromatic heterocycles. The molecule has 1 aromatic carbocycles. The zero-order valence-electron chi connectivity index (χ0n) is 9.75. The van der Waals surface area contributed by atoms with Gasteiger partial charge in [0.1, 0.15) is 15.1 Å². The van der Waals surface area contributed by atoms with Crippen LogP contribution in [0.15, 0.2) is 39.2 Å². The maximum atomic E-state index is 11.4. The lowest BCUT2D eigenvalue weighted by atomic mass is 10.4. The van der Waals surface area contributed by atoms with E-state index in [1.165, 1.54) is 18.3 Å². The third kappa shape index (κ3) is 3.33. The maximum absolute atomic E-state index is 11.4. The Kier molecular flexibility index (Phi) is 4.40. The molecular weight excluding hydrogens is 343 g/mol. The van der Waals surface area contributed by atoms with Crippen LogP contribution in [0.2, 0.25) is 10.2 Å². The monoisotopic (exact) mass is 350 g/mol. The molecular formula is C10H8Cl2N4O2S2. The molecule has 10 heteroatoms. The fourth-order valence-electron chi connectivity index (χ4n) is 1.34. The fraction of sp³-hybridized carbons (Fsp3) is 0. The van der Waals surface area contributed by atoms with Crippen molar-refractivity contribution in [2.24, 2.45) is 5.14 Å². The van der Waals surface area contributed by atoms with Crippen molar-refractivity contribution in [3.05, 3.63) is 34.6 Å². The lowest BCUT2D eigenvalue weighted by molar-refractivity contribution is 0.597. The second-order valence-corrected chi connectivity index (χ2v) is 6.92. The van der Waals surface area contributed by atoms with Crippen molar-refractivity contribution in [3.63, 3.8) is 0 Å². The number of anilines is 1. The number of hydrogen-bond acceptors (Lipinski definition) is 6. The second-order valence-electron chi connectivity index (χ2n) is 3.60. The minimum atomic E-state index is -3.90. The van der Waals surface area contributed by atoms with Gasteiger partial charge in [0.15, 0.2) is 5.82 Å². The van der Waals surface area contributed by atoms with Gasteiger partial charge in [-0.05, 0) is 12.1 Å². The van der Waals surface area contributed by atoms with E-state index in [4.69, 9.17) is 34.1 Å². The molecule has 0 bridgehead atoms. The Morgan fingerprint density at radius 1 is 1.25 bits per heavy atom. The lowest BCUT2D eigenvalue weighted by Crippen LogP contribution is -2.12. The molecule has 0 fully saturated rings. The number of primary sulfonamides is 1. The van der Waals surface area contributed by atoms with Gasteiger partial charge in [-0.25, -0.2) is 23.5 Å². The molecule has 0 radical (unpaired) electrons. The molecule has 20 heavy (non-hydrogen) atoms. The van der Waals surface area contributed by atoms with E-state index in [-0.39, 0.29) is 20.9 Å². The zero-order valence-corrected chi connectivity index (χ0v) is 12.9. The van der Waals surface area contributed by atoms with E-state index in [1.807, 2.05) is 0 Å². The molecule has 2 rings (SSSR count). The zero-order chi connectivity index (χ0) is 14.9. The molecule has 4 N–H and O–H groups in total. The third-order valence-electron chi connectivity index (χ3n) is 2.18. The average molecular weight is 351 g/mol. The predicted octanol–water partition coefficient (Wildman–Crippen LogP) is 2.16. The van der Waals surface area contributed by atoms with Crippen LogP contribution in [0.5, 0.6) is 0 Å². The number of nitrogens with two attached hydrogens (primary N) is 2. The van der Waals surface area contributed by atoms with Gasteiger partial charge < -0.3 is 5.73 Å². The summed E-state index contributed by atoms with van der Waals surface area (Å²) >= 11 is 12.8. The Bertz CT molecular complexity index is 768. The highest BCUT2D eigenvalue weighted by Crippen LogP contribution is 2.37. The topological polar surface area (TPSA) is 112 Å². The summed E-state index contributed by atoms with van der Waals surface area (Å²) in [5.74, 6) is 0.125. The Balaban J connectivity index is 2.45. The van der Waals surface area contributed by atoms with Crippen LogP contribution in [0.1, 0.15) is 0 Å². The van der Waals surface area contributed by atoms with Crippen molar-refractivity contribution in [1.82, 2.24) is 9.97 Å². The highest BCUT2D eigenvalue weighted by molar-refractivity contribution is 7.99. The summed E-state index contributed by atoms with van der Waals surface area (Å²) in [5, 5.41) is 5.62. The summed E-state index contributed by atoms with van der Waals surface area (Å²) in [4.78, 5) is 8.14. The van der Waals surface area contributed by atoms with Gasteiger partial charge in [0.05, 0.1) is 11.2 Å². The molecule has 0 atom stereocenters. The largest absolute Gasteiger partial charge is 0.381 e. The molecule has 0 aliphatic carbocycles. The number of sulfonamides is 1. The molecule has 2 aromatic rings. The Morgan fingerprint density at radius 3 is 2.55 bits per heavy atom. The van der Waals surface area contributed by atoms with Gasteiger partial charge in [-0.3, -0.25) is 0 Å². The van der Waals surface area contributed by atoms with Gasteiger partial charge in [0, 0.05) is 4.90 Å². The summed E-state index contributed by atoms with van der Waals surface area (Å²) < 4.78 is 22.8. The highest BCUT2D eigenvalue weighted by atomic mass is 35.5. The van der Waals surface area contributed by atoms with Crippen LogP contribution in [0.25, 0.3) is 0 Å².